The van der Waals surface area contributed by atoms with Crippen molar-refractivity contribution in [2.45, 2.75) is 13.3 Å². The van der Waals surface area contributed by atoms with E-state index in [0.717, 1.165) is 0 Å². The molecule has 1 aromatic heterocycles. The highest BCUT2D eigenvalue weighted by Gasteiger charge is 2.09. The number of rotatable bonds is 5. The van der Waals surface area contributed by atoms with Crippen molar-refractivity contribution in [3.8, 4) is 0 Å². The van der Waals surface area contributed by atoms with Crippen molar-refractivity contribution in [1.82, 2.24) is 9.97 Å². The predicted molar refractivity (Wildman–Crippen MR) is 77.1 cm³/mol. The molecule has 0 radical (unpaired) electrons. The van der Waals surface area contributed by atoms with Gasteiger partial charge in [-0.2, -0.15) is 0 Å². The summed E-state index contributed by atoms with van der Waals surface area (Å²) >= 11 is 0. The van der Waals surface area contributed by atoms with Gasteiger partial charge in [-0.1, -0.05) is 6.07 Å². The minimum absolute atomic E-state index is 0.126. The molecule has 0 saturated heterocycles. The van der Waals surface area contributed by atoms with Gasteiger partial charge in [0.1, 0.15) is 0 Å². The number of anilines is 2. The van der Waals surface area contributed by atoms with Crippen LogP contribution in [-0.4, -0.2) is 32.8 Å². The molecular weight excluding hydrogens is 274 g/mol. The van der Waals surface area contributed by atoms with Crippen LogP contribution in [0.25, 0.3) is 0 Å². The number of aliphatic hydroxyl groups is 1. The van der Waals surface area contributed by atoms with E-state index in [0.29, 0.717) is 16.9 Å². The van der Waals surface area contributed by atoms with Crippen LogP contribution < -0.4 is 10.9 Å². The second-order valence-corrected chi connectivity index (χ2v) is 4.46. The van der Waals surface area contributed by atoms with Gasteiger partial charge in [0.15, 0.2) is 0 Å². The molecule has 7 nitrogen and oxygen atoms in total. The number of benzene rings is 1. The first-order chi connectivity index (χ1) is 10.0. The molecule has 1 heterocycles. The highest BCUT2D eigenvalue weighted by molar-refractivity contribution is 5.88. The van der Waals surface area contributed by atoms with E-state index < -0.39 is 5.97 Å². The number of hydrogen-bond donors (Lipinski definition) is 4. The summed E-state index contributed by atoms with van der Waals surface area (Å²) in [6.45, 7) is 1.55. The van der Waals surface area contributed by atoms with Gasteiger partial charge in [0.25, 0.3) is 5.56 Å². The number of carboxylic acids is 1. The number of aromatic carboxylic acids is 1. The van der Waals surface area contributed by atoms with Gasteiger partial charge >= 0.3 is 5.97 Å². The molecule has 0 spiro atoms. The summed E-state index contributed by atoms with van der Waals surface area (Å²) in [6, 6.07) is 6.18. The highest BCUT2D eigenvalue weighted by atomic mass is 16.4. The third kappa shape index (κ3) is 3.46. The maximum Gasteiger partial charge on any atom is 0.335 e. The molecule has 4 N–H and O–H groups in total. The number of nitrogens with zero attached hydrogens (tertiary/aromatic N) is 1. The van der Waals surface area contributed by atoms with Crippen LogP contribution >= 0.6 is 0 Å². The van der Waals surface area contributed by atoms with Gasteiger partial charge in [-0.05, 0) is 25.1 Å². The highest BCUT2D eigenvalue weighted by Crippen LogP contribution is 2.15. The number of aromatic nitrogens is 2. The van der Waals surface area contributed by atoms with E-state index in [4.69, 9.17) is 10.2 Å². The summed E-state index contributed by atoms with van der Waals surface area (Å²) in [5.74, 6) is -0.809. The van der Waals surface area contributed by atoms with Crippen molar-refractivity contribution in [1.29, 1.82) is 0 Å². The number of hydrogen-bond acceptors (Lipinski definition) is 5. The lowest BCUT2D eigenvalue weighted by molar-refractivity contribution is 0.0697. The van der Waals surface area contributed by atoms with Gasteiger partial charge in [-0.3, -0.25) is 9.78 Å². The molecule has 2 aromatic rings. The van der Waals surface area contributed by atoms with Crippen LogP contribution in [0.1, 0.15) is 21.6 Å². The zero-order valence-corrected chi connectivity index (χ0v) is 11.4. The number of aromatic amines is 1. The van der Waals surface area contributed by atoms with Crippen molar-refractivity contribution < 1.29 is 15.0 Å². The van der Waals surface area contributed by atoms with Gasteiger partial charge in [-0.25, -0.2) is 9.78 Å². The van der Waals surface area contributed by atoms with E-state index in [9.17, 15) is 9.59 Å². The fourth-order valence-corrected chi connectivity index (χ4v) is 1.94. The van der Waals surface area contributed by atoms with Gasteiger partial charge in [-0.15, -0.1) is 0 Å². The number of aryl methyl sites for hydroxylation is 1. The average molecular weight is 289 g/mol. The van der Waals surface area contributed by atoms with E-state index in [1.165, 1.54) is 12.1 Å². The molecule has 7 heteroatoms. The van der Waals surface area contributed by atoms with Crippen LogP contribution in [0.5, 0.6) is 0 Å². The first-order valence-corrected chi connectivity index (χ1v) is 6.32. The second kappa shape index (κ2) is 6.19. The monoisotopic (exact) mass is 289 g/mol. The zero-order chi connectivity index (χ0) is 15.4. The summed E-state index contributed by atoms with van der Waals surface area (Å²) in [6.07, 6.45) is 0.239. The summed E-state index contributed by atoms with van der Waals surface area (Å²) < 4.78 is 0. The molecule has 0 atom stereocenters. The lowest BCUT2D eigenvalue weighted by Crippen LogP contribution is -2.19. The molecule has 0 unspecified atom stereocenters. The molecule has 21 heavy (non-hydrogen) atoms. The molecule has 0 amide bonds. The molecule has 1 aromatic carbocycles. The minimum Gasteiger partial charge on any atom is -0.478 e. The Balaban J connectivity index is 2.30. The van der Waals surface area contributed by atoms with Crippen molar-refractivity contribution >= 4 is 17.6 Å². The van der Waals surface area contributed by atoms with Gasteiger partial charge in [0.05, 0.1) is 11.3 Å². The fraction of sp³-hybridized carbons (Fsp3) is 0.214. The quantitative estimate of drug-likeness (QED) is 0.654. The van der Waals surface area contributed by atoms with Crippen LogP contribution in [0.2, 0.25) is 0 Å². The Morgan fingerprint density at radius 2 is 2.19 bits per heavy atom. The van der Waals surface area contributed by atoms with Crippen LogP contribution in [0.3, 0.4) is 0 Å². The van der Waals surface area contributed by atoms with Crippen LogP contribution in [0, 0.1) is 6.92 Å². The Hall–Kier alpha value is -2.67. The predicted octanol–water partition coefficient (Wildman–Crippen LogP) is 1.05. The Kier molecular flexibility index (Phi) is 4.34. The topological polar surface area (TPSA) is 115 Å². The molecule has 110 valence electrons. The summed E-state index contributed by atoms with van der Waals surface area (Å²) in [5.41, 5.74) is 1.27. The number of H-pyrrole nitrogens is 1. The van der Waals surface area contributed by atoms with E-state index in [1.807, 2.05) is 0 Å². The normalized spacial score (nSPS) is 10.4. The molecule has 0 fully saturated rings. The molecule has 0 aliphatic rings. The van der Waals surface area contributed by atoms with Crippen molar-refractivity contribution in [3.63, 3.8) is 0 Å². The van der Waals surface area contributed by atoms with Crippen LogP contribution in [0.4, 0.5) is 11.6 Å². The molecule has 0 saturated carbocycles. The largest absolute Gasteiger partial charge is 0.478 e. The third-order valence-corrected chi connectivity index (χ3v) is 2.96. The van der Waals surface area contributed by atoms with Gasteiger partial charge in [0, 0.05) is 24.3 Å². The zero-order valence-electron chi connectivity index (χ0n) is 11.4. The summed E-state index contributed by atoms with van der Waals surface area (Å²) in [5, 5.41) is 20.7. The SMILES string of the molecule is Cc1nc(Nc2cccc(C(=O)O)c2)[nH]c(=O)c1CCO. The van der Waals surface area contributed by atoms with Crippen molar-refractivity contribution in [3.05, 3.63) is 51.4 Å². The first-order valence-electron chi connectivity index (χ1n) is 6.32. The maximum atomic E-state index is 11.9. The molecular formula is C14H15N3O4. The second-order valence-electron chi connectivity index (χ2n) is 4.46. The summed E-state index contributed by atoms with van der Waals surface area (Å²) in [4.78, 5) is 29.5. The summed E-state index contributed by atoms with van der Waals surface area (Å²) in [7, 11) is 0. The average Bonchev–Trinajstić information content (AvgIpc) is 2.43. The Morgan fingerprint density at radius 1 is 1.43 bits per heavy atom. The minimum atomic E-state index is -1.03. The Bertz CT molecular complexity index is 724. The smallest absolute Gasteiger partial charge is 0.335 e. The molecule has 0 bridgehead atoms. The molecule has 0 aliphatic carbocycles. The standard InChI is InChI=1S/C14H15N3O4/c1-8-11(5-6-18)12(19)17-14(15-8)16-10-4-2-3-9(7-10)13(20)21/h2-4,7,18H,5-6H2,1H3,(H,20,21)(H2,15,16,17,19). The maximum absolute atomic E-state index is 11.9. The Labute approximate surface area is 120 Å². The number of carbonyl (C=O) groups is 1. The number of nitrogens with one attached hydrogen (secondary N) is 2. The number of aliphatic hydroxyl groups excluding tert-OH is 1. The van der Waals surface area contributed by atoms with E-state index in [2.05, 4.69) is 15.3 Å². The van der Waals surface area contributed by atoms with Gasteiger partial charge < -0.3 is 15.5 Å². The van der Waals surface area contributed by atoms with Crippen molar-refractivity contribution in [2.75, 3.05) is 11.9 Å². The van der Waals surface area contributed by atoms with E-state index in [1.54, 1.807) is 19.1 Å². The molecule has 2 rings (SSSR count). The first kappa shape index (κ1) is 14.7. The lowest BCUT2D eigenvalue weighted by atomic mass is 10.2. The fourth-order valence-electron chi connectivity index (χ4n) is 1.94. The van der Waals surface area contributed by atoms with E-state index in [-0.39, 0.29) is 30.1 Å². The van der Waals surface area contributed by atoms with Crippen LogP contribution in [-0.2, 0) is 6.42 Å². The van der Waals surface area contributed by atoms with Crippen molar-refractivity contribution in [2.24, 2.45) is 0 Å². The van der Waals surface area contributed by atoms with Gasteiger partial charge in [0.2, 0.25) is 5.95 Å². The van der Waals surface area contributed by atoms with E-state index >= 15 is 0 Å². The molecule has 0 aliphatic heterocycles. The lowest BCUT2D eigenvalue weighted by Gasteiger charge is -2.09. The van der Waals surface area contributed by atoms with Crippen LogP contribution in [0.15, 0.2) is 29.1 Å². The number of carboxylic acid groups (broad SMARTS) is 1. The Morgan fingerprint density at radius 3 is 2.81 bits per heavy atom. The third-order valence-electron chi connectivity index (χ3n) is 2.96.